The Hall–Kier alpha value is -0.380. The van der Waals surface area contributed by atoms with Crippen LogP contribution in [-0.4, -0.2) is 0 Å². The Bertz CT molecular complexity index is 228. The lowest BCUT2D eigenvalue weighted by Gasteiger charge is -2.13. The van der Waals surface area contributed by atoms with E-state index in [1.807, 2.05) is 0 Å². The van der Waals surface area contributed by atoms with Crippen molar-refractivity contribution in [2.75, 3.05) is 0 Å². The van der Waals surface area contributed by atoms with E-state index in [0.717, 1.165) is 12.8 Å². The van der Waals surface area contributed by atoms with E-state index in [1.165, 1.54) is 10.4 Å². The van der Waals surface area contributed by atoms with Gasteiger partial charge in [-0.3, -0.25) is 11.3 Å². The first-order chi connectivity index (χ1) is 5.83. The summed E-state index contributed by atoms with van der Waals surface area (Å²) in [5.74, 6) is 5.45. The van der Waals surface area contributed by atoms with Crippen LogP contribution in [-0.2, 0) is 6.42 Å². The van der Waals surface area contributed by atoms with Crippen LogP contribution in [0.15, 0.2) is 11.4 Å². The molecular weight excluding hydrogens is 168 g/mol. The van der Waals surface area contributed by atoms with E-state index >= 15 is 0 Å². The molecule has 3 N–H and O–H groups in total. The lowest BCUT2D eigenvalue weighted by molar-refractivity contribution is 0.544. The summed E-state index contributed by atoms with van der Waals surface area (Å²) in [5.41, 5.74) is 4.26. The first-order valence-corrected chi connectivity index (χ1v) is 5.23. The number of rotatable bonds is 4. The molecule has 0 saturated carbocycles. The summed E-state index contributed by atoms with van der Waals surface area (Å²) >= 11 is 1.79. The number of thiophene rings is 1. The van der Waals surface area contributed by atoms with Gasteiger partial charge in [-0.15, -0.1) is 11.3 Å². The van der Waals surface area contributed by atoms with Crippen LogP contribution in [0.25, 0.3) is 0 Å². The largest absolute Gasteiger partial charge is 0.271 e. The molecule has 0 spiro atoms. The normalized spacial score (nSPS) is 13.2. The molecule has 0 aliphatic carbocycles. The zero-order chi connectivity index (χ0) is 8.97. The van der Waals surface area contributed by atoms with Crippen molar-refractivity contribution < 1.29 is 0 Å². The molecule has 1 atom stereocenters. The number of nitrogens with two attached hydrogens (primary N) is 1. The van der Waals surface area contributed by atoms with Crippen LogP contribution in [0.3, 0.4) is 0 Å². The van der Waals surface area contributed by atoms with Gasteiger partial charge in [-0.2, -0.15) is 0 Å². The van der Waals surface area contributed by atoms with Gasteiger partial charge in [0, 0.05) is 4.88 Å². The fourth-order valence-electron chi connectivity index (χ4n) is 1.32. The summed E-state index contributed by atoms with van der Waals surface area (Å²) in [6.07, 6.45) is 2.14. The second-order valence-electron chi connectivity index (χ2n) is 2.79. The maximum atomic E-state index is 5.45. The predicted octanol–water partition coefficient (Wildman–Crippen LogP) is 2.22. The van der Waals surface area contributed by atoms with Crippen molar-refractivity contribution in [2.45, 2.75) is 32.7 Å². The van der Waals surface area contributed by atoms with Crippen molar-refractivity contribution in [3.8, 4) is 0 Å². The van der Waals surface area contributed by atoms with E-state index in [9.17, 15) is 0 Å². The highest BCUT2D eigenvalue weighted by Gasteiger charge is 2.11. The number of hydrogen-bond acceptors (Lipinski definition) is 3. The minimum Gasteiger partial charge on any atom is -0.271 e. The molecule has 1 aromatic rings. The summed E-state index contributed by atoms with van der Waals surface area (Å²) < 4.78 is 0. The van der Waals surface area contributed by atoms with Crippen molar-refractivity contribution in [3.63, 3.8) is 0 Å². The molecule has 3 heteroatoms. The molecule has 0 saturated heterocycles. The third-order valence-corrected chi connectivity index (χ3v) is 3.16. The fraction of sp³-hybridized carbons (Fsp3) is 0.556. The topological polar surface area (TPSA) is 38.0 Å². The van der Waals surface area contributed by atoms with E-state index in [4.69, 9.17) is 5.84 Å². The summed E-state index contributed by atoms with van der Waals surface area (Å²) in [6, 6.07) is 2.51. The van der Waals surface area contributed by atoms with Crippen LogP contribution in [0.2, 0.25) is 0 Å². The van der Waals surface area contributed by atoms with E-state index in [2.05, 4.69) is 30.7 Å². The molecule has 1 rings (SSSR count). The van der Waals surface area contributed by atoms with Crippen molar-refractivity contribution >= 4 is 11.3 Å². The summed E-state index contributed by atoms with van der Waals surface area (Å²) in [6.45, 7) is 4.32. The smallest absolute Gasteiger partial charge is 0.0553 e. The second-order valence-corrected chi connectivity index (χ2v) is 3.74. The first kappa shape index (κ1) is 9.71. The van der Waals surface area contributed by atoms with Crippen molar-refractivity contribution in [2.24, 2.45) is 5.84 Å². The van der Waals surface area contributed by atoms with Gasteiger partial charge in [-0.05, 0) is 29.9 Å². The van der Waals surface area contributed by atoms with Gasteiger partial charge in [0.05, 0.1) is 6.04 Å². The zero-order valence-corrected chi connectivity index (χ0v) is 8.45. The van der Waals surface area contributed by atoms with Gasteiger partial charge in [0.15, 0.2) is 0 Å². The van der Waals surface area contributed by atoms with Gasteiger partial charge >= 0.3 is 0 Å². The highest BCUT2D eigenvalue weighted by atomic mass is 32.1. The van der Waals surface area contributed by atoms with Crippen LogP contribution in [0.5, 0.6) is 0 Å². The SMILES string of the molecule is CCc1ccsc1C(CC)NN. The Kier molecular flexibility index (Phi) is 3.72. The fourth-order valence-corrected chi connectivity index (χ4v) is 2.47. The first-order valence-electron chi connectivity index (χ1n) is 4.35. The van der Waals surface area contributed by atoms with E-state index in [1.54, 1.807) is 11.3 Å². The minimum atomic E-state index is 0.333. The van der Waals surface area contributed by atoms with Gasteiger partial charge in [0.25, 0.3) is 0 Å². The van der Waals surface area contributed by atoms with Crippen molar-refractivity contribution in [1.29, 1.82) is 0 Å². The molecule has 1 aromatic heterocycles. The molecule has 0 radical (unpaired) electrons. The highest BCUT2D eigenvalue weighted by molar-refractivity contribution is 7.10. The van der Waals surface area contributed by atoms with Crippen LogP contribution in [0.1, 0.15) is 36.8 Å². The Morgan fingerprint density at radius 3 is 2.83 bits per heavy atom. The van der Waals surface area contributed by atoms with Gasteiger partial charge in [0.2, 0.25) is 0 Å². The molecule has 0 amide bonds. The maximum absolute atomic E-state index is 5.45. The van der Waals surface area contributed by atoms with Crippen LogP contribution < -0.4 is 11.3 Å². The highest BCUT2D eigenvalue weighted by Crippen LogP contribution is 2.26. The lowest BCUT2D eigenvalue weighted by Crippen LogP contribution is -2.27. The predicted molar refractivity (Wildman–Crippen MR) is 54.1 cm³/mol. The third-order valence-electron chi connectivity index (χ3n) is 2.09. The maximum Gasteiger partial charge on any atom is 0.0553 e. The molecule has 1 heterocycles. The van der Waals surface area contributed by atoms with Gasteiger partial charge in [-0.25, -0.2) is 0 Å². The standard InChI is InChI=1S/C9H16N2S/c1-3-7-5-6-12-9(7)8(4-2)11-10/h5-6,8,11H,3-4,10H2,1-2H3. The number of hydrazine groups is 1. The lowest BCUT2D eigenvalue weighted by atomic mass is 10.1. The Labute approximate surface area is 77.8 Å². The third kappa shape index (κ3) is 1.86. The molecule has 0 aromatic carbocycles. The average molecular weight is 184 g/mol. The van der Waals surface area contributed by atoms with Gasteiger partial charge < -0.3 is 0 Å². The molecule has 68 valence electrons. The molecule has 0 fully saturated rings. The van der Waals surface area contributed by atoms with E-state index < -0.39 is 0 Å². The van der Waals surface area contributed by atoms with Crippen LogP contribution >= 0.6 is 11.3 Å². The van der Waals surface area contributed by atoms with E-state index in [-0.39, 0.29) is 0 Å². The zero-order valence-electron chi connectivity index (χ0n) is 7.63. The Morgan fingerprint density at radius 1 is 1.58 bits per heavy atom. The van der Waals surface area contributed by atoms with Crippen LogP contribution in [0, 0.1) is 0 Å². The summed E-state index contributed by atoms with van der Waals surface area (Å²) in [7, 11) is 0. The van der Waals surface area contributed by atoms with Crippen molar-refractivity contribution in [3.05, 3.63) is 21.9 Å². The minimum absolute atomic E-state index is 0.333. The number of nitrogens with one attached hydrogen (secondary N) is 1. The number of aryl methyl sites for hydroxylation is 1. The molecule has 0 bridgehead atoms. The Balaban J connectivity index is 2.83. The average Bonchev–Trinajstić information content (AvgIpc) is 2.55. The molecule has 0 aliphatic rings. The van der Waals surface area contributed by atoms with Crippen molar-refractivity contribution in [1.82, 2.24) is 5.43 Å². The molecule has 2 nitrogen and oxygen atoms in total. The van der Waals surface area contributed by atoms with Gasteiger partial charge in [0.1, 0.15) is 0 Å². The van der Waals surface area contributed by atoms with Gasteiger partial charge in [-0.1, -0.05) is 13.8 Å². The summed E-state index contributed by atoms with van der Waals surface area (Å²) in [5, 5.41) is 2.13. The quantitative estimate of drug-likeness (QED) is 0.556. The summed E-state index contributed by atoms with van der Waals surface area (Å²) in [4.78, 5) is 1.39. The molecule has 1 unspecified atom stereocenters. The second kappa shape index (κ2) is 4.60. The molecule has 12 heavy (non-hydrogen) atoms. The molecular formula is C9H16N2S. The molecule has 0 aliphatic heterocycles. The van der Waals surface area contributed by atoms with E-state index in [0.29, 0.717) is 6.04 Å². The Morgan fingerprint density at radius 2 is 2.33 bits per heavy atom. The number of hydrogen-bond donors (Lipinski definition) is 2. The van der Waals surface area contributed by atoms with Crippen LogP contribution in [0.4, 0.5) is 0 Å². The monoisotopic (exact) mass is 184 g/mol.